The minimum Gasteiger partial charge on any atom is -0.279 e. The highest BCUT2D eigenvalue weighted by Crippen LogP contribution is 2.27. The fraction of sp³-hybridized carbons (Fsp3) is 0.200. The summed E-state index contributed by atoms with van der Waals surface area (Å²) in [6.45, 7) is 2.04. The van der Waals surface area contributed by atoms with Gasteiger partial charge < -0.3 is 0 Å². The number of benzene rings is 1. The number of aryl methyl sites for hydroxylation is 2. The molecule has 102 valence electrons. The molecule has 3 rings (SSSR count). The lowest BCUT2D eigenvalue weighted by Gasteiger charge is -2.10. The lowest BCUT2D eigenvalue weighted by molar-refractivity contribution is 0.904. The van der Waals surface area contributed by atoms with Crippen molar-refractivity contribution in [3.63, 3.8) is 0 Å². The fourth-order valence-electron chi connectivity index (χ4n) is 2.26. The maximum Gasteiger partial charge on any atom is 0.164 e. The first-order chi connectivity index (χ1) is 9.70. The Morgan fingerprint density at radius 2 is 2.10 bits per heavy atom. The highest BCUT2D eigenvalue weighted by Gasteiger charge is 2.15. The molecule has 0 amide bonds. The lowest BCUT2D eigenvalue weighted by Crippen LogP contribution is -2.04. The molecule has 2 aromatic heterocycles. The maximum atomic E-state index is 6.35. The standard InChI is InChI=1S/C15H13Cl2N3/c1-10-4-5-11(17)13(9-10)20-14(6-7-16)19-12-3-2-8-18-15(12)20/h2-5,8-9H,6-7H2,1H3. The van der Waals surface area contributed by atoms with Crippen molar-refractivity contribution in [2.75, 3.05) is 5.88 Å². The van der Waals surface area contributed by atoms with E-state index in [0.29, 0.717) is 17.3 Å². The highest BCUT2D eigenvalue weighted by molar-refractivity contribution is 6.32. The van der Waals surface area contributed by atoms with Gasteiger partial charge in [-0.25, -0.2) is 9.97 Å². The van der Waals surface area contributed by atoms with Crippen LogP contribution in [0.15, 0.2) is 36.5 Å². The molecule has 3 aromatic rings. The van der Waals surface area contributed by atoms with E-state index in [0.717, 1.165) is 28.2 Å². The zero-order chi connectivity index (χ0) is 14.1. The van der Waals surface area contributed by atoms with Crippen molar-refractivity contribution in [3.8, 4) is 5.69 Å². The third kappa shape index (κ3) is 2.28. The number of pyridine rings is 1. The van der Waals surface area contributed by atoms with Crippen molar-refractivity contribution < 1.29 is 0 Å². The Kier molecular flexibility index (Phi) is 3.64. The molecule has 0 fully saturated rings. The van der Waals surface area contributed by atoms with Crippen LogP contribution in [0.5, 0.6) is 0 Å². The zero-order valence-electron chi connectivity index (χ0n) is 11.0. The lowest BCUT2D eigenvalue weighted by atomic mass is 10.2. The second kappa shape index (κ2) is 5.43. The van der Waals surface area contributed by atoms with Crippen LogP contribution in [0.3, 0.4) is 0 Å². The summed E-state index contributed by atoms with van der Waals surface area (Å²) in [5.74, 6) is 1.38. The number of hydrogen-bond acceptors (Lipinski definition) is 2. The van der Waals surface area contributed by atoms with Crippen LogP contribution in [0.1, 0.15) is 11.4 Å². The molecule has 0 aliphatic heterocycles. The van der Waals surface area contributed by atoms with Gasteiger partial charge in [0.05, 0.1) is 10.7 Å². The van der Waals surface area contributed by atoms with Crippen molar-refractivity contribution in [3.05, 3.63) is 52.9 Å². The zero-order valence-corrected chi connectivity index (χ0v) is 12.5. The van der Waals surface area contributed by atoms with Gasteiger partial charge in [-0.05, 0) is 36.8 Å². The van der Waals surface area contributed by atoms with E-state index in [9.17, 15) is 0 Å². The molecule has 0 saturated heterocycles. The summed E-state index contributed by atoms with van der Waals surface area (Å²) in [7, 11) is 0. The Labute approximate surface area is 127 Å². The predicted molar refractivity (Wildman–Crippen MR) is 83.0 cm³/mol. The number of imidazole rings is 1. The van der Waals surface area contributed by atoms with Crippen molar-refractivity contribution in [1.29, 1.82) is 0 Å². The van der Waals surface area contributed by atoms with Gasteiger partial charge in [-0.1, -0.05) is 17.7 Å². The summed E-state index contributed by atoms with van der Waals surface area (Å²) in [6.07, 6.45) is 2.43. The molecule has 0 aliphatic rings. The van der Waals surface area contributed by atoms with Crippen molar-refractivity contribution in [2.45, 2.75) is 13.3 Å². The molecule has 20 heavy (non-hydrogen) atoms. The average molecular weight is 306 g/mol. The van der Waals surface area contributed by atoms with Crippen molar-refractivity contribution in [1.82, 2.24) is 14.5 Å². The fourth-order valence-corrected chi connectivity index (χ4v) is 2.63. The Hall–Kier alpha value is -1.58. The first-order valence-electron chi connectivity index (χ1n) is 6.35. The first kappa shape index (κ1) is 13.4. The van der Waals surface area contributed by atoms with Gasteiger partial charge >= 0.3 is 0 Å². The molecular formula is C15H13Cl2N3. The van der Waals surface area contributed by atoms with Crippen LogP contribution in [0.25, 0.3) is 16.9 Å². The van der Waals surface area contributed by atoms with Crippen LogP contribution in [0.2, 0.25) is 5.02 Å². The van der Waals surface area contributed by atoms with E-state index < -0.39 is 0 Å². The number of aromatic nitrogens is 3. The van der Waals surface area contributed by atoms with Gasteiger partial charge in [0.15, 0.2) is 5.65 Å². The molecule has 2 heterocycles. The molecule has 5 heteroatoms. The Bertz CT molecular complexity index is 765. The van der Waals surface area contributed by atoms with Crippen molar-refractivity contribution in [2.24, 2.45) is 0 Å². The predicted octanol–water partition coefficient (Wildman–Crippen LogP) is 4.16. The molecular weight excluding hydrogens is 293 g/mol. The molecule has 0 unspecified atom stereocenters. The van der Waals surface area contributed by atoms with E-state index in [2.05, 4.69) is 9.97 Å². The SMILES string of the molecule is Cc1ccc(Cl)c(-n2c(CCCl)nc3cccnc32)c1. The number of hydrogen-bond donors (Lipinski definition) is 0. The average Bonchev–Trinajstić information content (AvgIpc) is 2.80. The number of halogens is 2. The number of rotatable bonds is 3. The minimum absolute atomic E-state index is 0.507. The number of fused-ring (bicyclic) bond motifs is 1. The maximum absolute atomic E-state index is 6.35. The van der Waals surface area contributed by atoms with Gasteiger partial charge in [0.1, 0.15) is 11.3 Å². The van der Waals surface area contributed by atoms with E-state index in [1.54, 1.807) is 6.20 Å². The van der Waals surface area contributed by atoms with Gasteiger partial charge in [0.2, 0.25) is 0 Å². The van der Waals surface area contributed by atoms with Gasteiger partial charge in [0, 0.05) is 18.5 Å². The third-order valence-corrected chi connectivity index (χ3v) is 3.65. The second-order valence-electron chi connectivity index (χ2n) is 4.60. The third-order valence-electron chi connectivity index (χ3n) is 3.15. The molecule has 0 aliphatic carbocycles. The van der Waals surface area contributed by atoms with E-state index in [-0.39, 0.29) is 0 Å². The Morgan fingerprint density at radius 1 is 1.25 bits per heavy atom. The minimum atomic E-state index is 0.507. The molecule has 0 saturated carbocycles. The van der Waals surface area contributed by atoms with Gasteiger partial charge in [-0.2, -0.15) is 0 Å². The summed E-state index contributed by atoms with van der Waals surface area (Å²) in [5, 5.41) is 0.677. The van der Waals surface area contributed by atoms with E-state index in [1.165, 1.54) is 0 Å². The molecule has 0 atom stereocenters. The summed E-state index contributed by atoms with van der Waals surface area (Å²) < 4.78 is 1.99. The molecule has 1 aromatic carbocycles. The smallest absolute Gasteiger partial charge is 0.164 e. The van der Waals surface area contributed by atoms with Crippen LogP contribution >= 0.6 is 23.2 Å². The topological polar surface area (TPSA) is 30.7 Å². The molecule has 0 N–H and O–H groups in total. The van der Waals surface area contributed by atoms with Crippen LogP contribution in [-0.4, -0.2) is 20.4 Å². The van der Waals surface area contributed by atoms with Gasteiger partial charge in [-0.15, -0.1) is 11.6 Å². The van der Waals surface area contributed by atoms with Crippen LogP contribution < -0.4 is 0 Å². The quantitative estimate of drug-likeness (QED) is 0.680. The van der Waals surface area contributed by atoms with E-state index >= 15 is 0 Å². The van der Waals surface area contributed by atoms with Gasteiger partial charge in [0.25, 0.3) is 0 Å². The first-order valence-corrected chi connectivity index (χ1v) is 7.27. The molecule has 0 radical (unpaired) electrons. The summed E-state index contributed by atoms with van der Waals surface area (Å²) >= 11 is 12.2. The van der Waals surface area contributed by atoms with Crippen LogP contribution in [-0.2, 0) is 6.42 Å². The summed E-state index contributed by atoms with van der Waals surface area (Å²) in [6, 6.07) is 9.74. The summed E-state index contributed by atoms with van der Waals surface area (Å²) in [4.78, 5) is 9.04. The highest BCUT2D eigenvalue weighted by atomic mass is 35.5. The number of nitrogens with zero attached hydrogens (tertiary/aromatic N) is 3. The van der Waals surface area contributed by atoms with E-state index in [4.69, 9.17) is 23.2 Å². The van der Waals surface area contributed by atoms with Gasteiger partial charge in [-0.3, -0.25) is 4.57 Å². The van der Waals surface area contributed by atoms with Crippen LogP contribution in [0, 0.1) is 6.92 Å². The van der Waals surface area contributed by atoms with Crippen LogP contribution in [0.4, 0.5) is 0 Å². The number of alkyl halides is 1. The molecule has 0 spiro atoms. The normalized spacial score (nSPS) is 11.2. The molecule has 3 nitrogen and oxygen atoms in total. The monoisotopic (exact) mass is 305 g/mol. The Morgan fingerprint density at radius 3 is 2.90 bits per heavy atom. The second-order valence-corrected chi connectivity index (χ2v) is 5.39. The van der Waals surface area contributed by atoms with Crippen molar-refractivity contribution >= 4 is 34.4 Å². The molecule has 0 bridgehead atoms. The largest absolute Gasteiger partial charge is 0.279 e. The Balaban J connectivity index is 2.33. The van der Waals surface area contributed by atoms with E-state index in [1.807, 2.05) is 41.8 Å². The summed E-state index contributed by atoms with van der Waals surface area (Å²) in [5.41, 5.74) is 3.69.